The molecule has 0 saturated heterocycles. The van der Waals surface area contributed by atoms with Gasteiger partial charge in [0.15, 0.2) is 0 Å². The van der Waals surface area contributed by atoms with Gasteiger partial charge in [0.1, 0.15) is 0 Å². The van der Waals surface area contributed by atoms with Crippen LogP contribution in [0.4, 0.5) is 0 Å². The lowest BCUT2D eigenvalue weighted by molar-refractivity contribution is 0.661. The second kappa shape index (κ2) is 10.8. The quantitative estimate of drug-likeness (QED) is 0.192. The van der Waals surface area contributed by atoms with E-state index in [0.29, 0.717) is 0 Å². The SMILES string of the molecule is CC1(C)c2cc(-c3cccc(-n4c5ccccc5c5ccccc54)c3)ccc2-c2ccc(-c3ccc4cc(-c5cnccn5)ccc4c3)cc21. The van der Waals surface area contributed by atoms with Crippen LogP contribution in [-0.4, -0.2) is 14.5 Å². The third-order valence-electron chi connectivity index (χ3n) is 10.7. The van der Waals surface area contributed by atoms with Gasteiger partial charge >= 0.3 is 0 Å². The van der Waals surface area contributed by atoms with Crippen molar-refractivity contribution in [2.45, 2.75) is 19.3 Å². The Kier molecular flexibility index (Phi) is 6.22. The molecule has 0 aliphatic heterocycles. The van der Waals surface area contributed by atoms with Crippen LogP contribution in [0.3, 0.4) is 0 Å². The standard InChI is InChI=1S/C47H33N3/c1-47(2)42-27-34(30-8-7-9-37(26-30)50-45-12-5-3-10-40(45)41-11-4-6-13-46(41)50)18-20-38(42)39-21-19-35(28-43(39)47)32-14-15-33-25-36(17-16-31(33)24-32)44-29-48-22-23-49-44/h3-29H,1-2H3. The van der Waals surface area contributed by atoms with Crippen LogP contribution in [0.25, 0.3) is 82.9 Å². The molecule has 236 valence electrons. The van der Waals surface area contributed by atoms with Crippen molar-refractivity contribution in [3.8, 4) is 50.3 Å². The summed E-state index contributed by atoms with van der Waals surface area (Å²) in [5.41, 5.74) is 15.8. The van der Waals surface area contributed by atoms with E-state index < -0.39 is 0 Å². The number of para-hydroxylation sites is 2. The lowest BCUT2D eigenvalue weighted by atomic mass is 9.80. The van der Waals surface area contributed by atoms with Crippen LogP contribution in [0.1, 0.15) is 25.0 Å². The van der Waals surface area contributed by atoms with E-state index in [4.69, 9.17) is 0 Å². The van der Waals surface area contributed by atoms with Gasteiger partial charge in [-0.15, -0.1) is 0 Å². The van der Waals surface area contributed by atoms with Gasteiger partial charge in [0, 0.05) is 39.8 Å². The highest BCUT2D eigenvalue weighted by Crippen LogP contribution is 2.51. The zero-order valence-corrected chi connectivity index (χ0v) is 27.9. The minimum atomic E-state index is -0.135. The summed E-state index contributed by atoms with van der Waals surface area (Å²) in [5.74, 6) is 0. The van der Waals surface area contributed by atoms with Crippen LogP contribution >= 0.6 is 0 Å². The highest BCUT2D eigenvalue weighted by Gasteiger charge is 2.36. The Labute approximate surface area is 291 Å². The van der Waals surface area contributed by atoms with Crippen molar-refractivity contribution in [1.29, 1.82) is 0 Å². The van der Waals surface area contributed by atoms with Crippen LogP contribution in [0.5, 0.6) is 0 Å². The van der Waals surface area contributed by atoms with Crippen LogP contribution in [-0.2, 0) is 5.41 Å². The van der Waals surface area contributed by atoms with Crippen molar-refractivity contribution in [3.63, 3.8) is 0 Å². The Bertz CT molecular complexity index is 2730. The predicted octanol–water partition coefficient (Wildman–Crippen LogP) is 12.0. The first-order chi connectivity index (χ1) is 24.5. The summed E-state index contributed by atoms with van der Waals surface area (Å²) in [7, 11) is 0. The molecule has 1 aliphatic rings. The van der Waals surface area contributed by atoms with Crippen molar-refractivity contribution in [1.82, 2.24) is 14.5 Å². The van der Waals surface area contributed by atoms with Crippen LogP contribution in [0, 0.1) is 0 Å². The van der Waals surface area contributed by atoms with E-state index in [1.807, 2.05) is 6.20 Å². The summed E-state index contributed by atoms with van der Waals surface area (Å²) in [6.45, 7) is 4.74. The van der Waals surface area contributed by atoms with Crippen molar-refractivity contribution in [2.24, 2.45) is 0 Å². The average molecular weight is 640 g/mol. The van der Waals surface area contributed by atoms with E-state index in [0.717, 1.165) is 11.3 Å². The van der Waals surface area contributed by atoms with E-state index in [1.165, 1.54) is 82.8 Å². The molecule has 2 heterocycles. The monoisotopic (exact) mass is 639 g/mol. The number of hydrogen-bond acceptors (Lipinski definition) is 2. The van der Waals surface area contributed by atoms with E-state index in [9.17, 15) is 0 Å². The van der Waals surface area contributed by atoms with E-state index in [2.05, 4.69) is 174 Å². The molecule has 9 aromatic rings. The largest absolute Gasteiger partial charge is 0.309 e. The molecule has 0 saturated carbocycles. The Morgan fingerprint density at radius 1 is 0.480 bits per heavy atom. The summed E-state index contributed by atoms with van der Waals surface area (Å²) in [6, 6.07) is 53.7. The fourth-order valence-electron chi connectivity index (χ4n) is 8.15. The molecule has 1 aliphatic carbocycles. The number of aromatic nitrogens is 3. The first-order valence-electron chi connectivity index (χ1n) is 17.2. The maximum Gasteiger partial charge on any atom is 0.0885 e. The first-order valence-corrected chi connectivity index (χ1v) is 17.2. The summed E-state index contributed by atoms with van der Waals surface area (Å²) >= 11 is 0. The van der Waals surface area contributed by atoms with Gasteiger partial charge < -0.3 is 4.57 Å². The zero-order chi connectivity index (χ0) is 33.4. The molecule has 0 atom stereocenters. The van der Waals surface area contributed by atoms with Gasteiger partial charge in [0.2, 0.25) is 0 Å². The second-order valence-electron chi connectivity index (χ2n) is 13.9. The van der Waals surface area contributed by atoms with Gasteiger partial charge in [0.25, 0.3) is 0 Å². The van der Waals surface area contributed by atoms with Crippen LogP contribution < -0.4 is 0 Å². The third kappa shape index (κ3) is 4.37. The molecule has 50 heavy (non-hydrogen) atoms. The zero-order valence-electron chi connectivity index (χ0n) is 27.9. The van der Waals surface area contributed by atoms with Crippen molar-refractivity contribution >= 4 is 32.6 Å². The summed E-state index contributed by atoms with van der Waals surface area (Å²) < 4.78 is 2.40. The minimum Gasteiger partial charge on any atom is -0.309 e. The van der Waals surface area contributed by atoms with E-state index in [1.54, 1.807) is 12.4 Å². The molecule has 0 spiro atoms. The van der Waals surface area contributed by atoms with Gasteiger partial charge in [0.05, 0.1) is 22.9 Å². The fraction of sp³-hybridized carbons (Fsp3) is 0.0638. The molecule has 10 rings (SSSR count). The lowest BCUT2D eigenvalue weighted by Gasteiger charge is -2.23. The molecule has 0 N–H and O–H groups in total. The molecule has 3 nitrogen and oxygen atoms in total. The molecule has 2 aromatic heterocycles. The van der Waals surface area contributed by atoms with E-state index in [-0.39, 0.29) is 5.41 Å². The number of nitrogens with zero attached hydrogens (tertiary/aromatic N) is 3. The van der Waals surface area contributed by atoms with Gasteiger partial charge in [-0.25, -0.2) is 0 Å². The third-order valence-corrected chi connectivity index (χ3v) is 10.7. The number of benzene rings is 7. The number of hydrogen-bond donors (Lipinski definition) is 0. The Hall–Kier alpha value is -6.32. The van der Waals surface area contributed by atoms with E-state index >= 15 is 0 Å². The normalized spacial score (nSPS) is 13.2. The topological polar surface area (TPSA) is 30.7 Å². The van der Waals surface area contributed by atoms with Gasteiger partial charge in [-0.2, -0.15) is 0 Å². The van der Waals surface area contributed by atoms with Gasteiger partial charge in [-0.3, -0.25) is 9.97 Å². The Morgan fingerprint density at radius 2 is 1.04 bits per heavy atom. The highest BCUT2D eigenvalue weighted by atomic mass is 15.0. The average Bonchev–Trinajstić information content (AvgIpc) is 3.63. The summed E-state index contributed by atoms with van der Waals surface area (Å²) in [5, 5.41) is 4.97. The second-order valence-corrected chi connectivity index (χ2v) is 13.9. The fourth-order valence-corrected chi connectivity index (χ4v) is 8.15. The maximum absolute atomic E-state index is 4.48. The maximum atomic E-state index is 4.48. The van der Waals surface area contributed by atoms with Crippen LogP contribution in [0.15, 0.2) is 164 Å². The molecule has 3 heteroatoms. The van der Waals surface area contributed by atoms with Crippen molar-refractivity contribution < 1.29 is 0 Å². The molecule has 0 fully saturated rings. The highest BCUT2D eigenvalue weighted by molar-refractivity contribution is 6.09. The molecule has 0 amide bonds. The summed E-state index contributed by atoms with van der Waals surface area (Å²) in [6.07, 6.45) is 5.26. The van der Waals surface area contributed by atoms with Gasteiger partial charge in [-0.05, 0) is 104 Å². The van der Waals surface area contributed by atoms with Crippen LogP contribution in [0.2, 0.25) is 0 Å². The first kappa shape index (κ1) is 28.7. The molecular weight excluding hydrogens is 607 g/mol. The van der Waals surface area contributed by atoms with Crippen molar-refractivity contribution in [2.75, 3.05) is 0 Å². The predicted molar refractivity (Wildman–Crippen MR) is 208 cm³/mol. The molecule has 0 unspecified atom stereocenters. The number of fused-ring (bicyclic) bond motifs is 7. The Morgan fingerprint density at radius 3 is 1.68 bits per heavy atom. The Balaban J connectivity index is 1.01. The molecule has 0 bridgehead atoms. The minimum absolute atomic E-state index is 0.135. The number of rotatable bonds is 4. The molecule has 7 aromatic carbocycles. The lowest BCUT2D eigenvalue weighted by Crippen LogP contribution is -2.15. The summed E-state index contributed by atoms with van der Waals surface area (Å²) in [4.78, 5) is 8.72. The smallest absolute Gasteiger partial charge is 0.0885 e. The van der Waals surface area contributed by atoms with Gasteiger partial charge in [-0.1, -0.05) is 111 Å². The molecule has 0 radical (unpaired) electrons. The molecular formula is C47H33N3. The van der Waals surface area contributed by atoms with Crippen molar-refractivity contribution in [3.05, 3.63) is 175 Å².